The van der Waals surface area contributed by atoms with Gasteiger partial charge < -0.3 is 15.2 Å². The maximum absolute atomic E-state index is 12.3. The molecule has 0 unspecified atom stereocenters. The maximum atomic E-state index is 12.3. The standard InChI is InChI=1S/C23H26Cl2N4O3S/c1-15-26-21-11-18(3-5-22(21)33-15)32-14-17(30)12-28-6-8-29(9-7-28)13-23(31)27-16-2-4-19(24)20(25)10-16/h2-5,10-11,17,30H,6-9,12-14H2,1H3,(H,27,31)/t17-/m1/s1. The Balaban J connectivity index is 1.17. The number of piperazine rings is 1. The second-order valence-corrected chi connectivity index (χ2v) is 10.1. The number of aromatic nitrogens is 1. The highest BCUT2D eigenvalue weighted by Crippen LogP contribution is 2.26. The SMILES string of the molecule is Cc1nc2cc(OC[C@H](O)CN3CCN(CC(=O)Nc4ccc(Cl)c(Cl)c4)CC3)ccc2s1. The topological polar surface area (TPSA) is 77.9 Å². The second-order valence-electron chi connectivity index (χ2n) is 8.08. The largest absolute Gasteiger partial charge is 0.491 e. The van der Waals surface area contributed by atoms with Gasteiger partial charge in [0.25, 0.3) is 0 Å². The number of aliphatic hydroxyl groups excluding tert-OH is 1. The van der Waals surface area contributed by atoms with Crippen LogP contribution in [0.5, 0.6) is 5.75 Å². The molecule has 3 aromatic rings. The van der Waals surface area contributed by atoms with E-state index in [9.17, 15) is 9.90 Å². The number of thiazole rings is 1. The molecule has 1 aromatic heterocycles. The number of halogens is 2. The van der Waals surface area contributed by atoms with E-state index in [1.807, 2.05) is 25.1 Å². The van der Waals surface area contributed by atoms with Crippen LogP contribution < -0.4 is 10.1 Å². The van der Waals surface area contributed by atoms with Crippen molar-refractivity contribution >= 4 is 56.3 Å². The summed E-state index contributed by atoms with van der Waals surface area (Å²) in [6.45, 7) is 6.10. The molecular formula is C23H26Cl2N4O3S. The van der Waals surface area contributed by atoms with E-state index in [-0.39, 0.29) is 12.5 Å². The van der Waals surface area contributed by atoms with E-state index < -0.39 is 6.10 Å². The highest BCUT2D eigenvalue weighted by Gasteiger charge is 2.21. The minimum Gasteiger partial charge on any atom is -0.491 e. The van der Waals surface area contributed by atoms with Gasteiger partial charge in [0.1, 0.15) is 18.5 Å². The quantitative estimate of drug-likeness (QED) is 0.480. The Bertz CT molecular complexity index is 1120. The molecule has 2 N–H and O–H groups in total. The van der Waals surface area contributed by atoms with Crippen molar-refractivity contribution in [2.75, 3.05) is 51.2 Å². The lowest BCUT2D eigenvalue weighted by atomic mass is 10.2. The van der Waals surface area contributed by atoms with Gasteiger partial charge in [0.05, 0.1) is 31.8 Å². The van der Waals surface area contributed by atoms with Crippen LogP contribution >= 0.6 is 34.5 Å². The van der Waals surface area contributed by atoms with Gasteiger partial charge in [0.2, 0.25) is 5.91 Å². The number of aliphatic hydroxyl groups is 1. The molecule has 7 nitrogen and oxygen atoms in total. The summed E-state index contributed by atoms with van der Waals surface area (Å²) in [5, 5.41) is 15.1. The number of nitrogens with one attached hydrogen (secondary N) is 1. The molecule has 10 heteroatoms. The summed E-state index contributed by atoms with van der Waals surface area (Å²) >= 11 is 13.6. The number of carbonyl (C=O) groups is 1. The summed E-state index contributed by atoms with van der Waals surface area (Å²) in [6, 6.07) is 10.8. The molecule has 1 atom stereocenters. The molecule has 1 amide bonds. The van der Waals surface area contributed by atoms with E-state index in [0.29, 0.717) is 34.6 Å². The van der Waals surface area contributed by atoms with Crippen molar-refractivity contribution in [3.05, 3.63) is 51.5 Å². The van der Waals surface area contributed by atoms with Crippen LogP contribution in [0.3, 0.4) is 0 Å². The van der Waals surface area contributed by atoms with Crippen LogP contribution in [0.2, 0.25) is 10.0 Å². The molecule has 4 rings (SSSR count). The van der Waals surface area contributed by atoms with Gasteiger partial charge in [-0.05, 0) is 37.3 Å². The Hall–Kier alpha value is -1.94. The van der Waals surface area contributed by atoms with E-state index in [2.05, 4.69) is 20.1 Å². The first-order valence-electron chi connectivity index (χ1n) is 10.7. The third-order valence-corrected chi connectivity index (χ3v) is 7.10. The van der Waals surface area contributed by atoms with Crippen molar-refractivity contribution in [1.82, 2.24) is 14.8 Å². The first-order valence-corrected chi connectivity index (χ1v) is 12.3. The molecule has 0 saturated carbocycles. The summed E-state index contributed by atoms with van der Waals surface area (Å²) in [5.74, 6) is 0.618. The molecule has 0 aliphatic carbocycles. The number of carbonyl (C=O) groups excluding carboxylic acids is 1. The Labute approximate surface area is 206 Å². The van der Waals surface area contributed by atoms with E-state index in [1.54, 1.807) is 29.5 Å². The minimum absolute atomic E-state index is 0.0949. The van der Waals surface area contributed by atoms with Crippen molar-refractivity contribution in [3.63, 3.8) is 0 Å². The summed E-state index contributed by atoms with van der Waals surface area (Å²) < 4.78 is 6.91. The lowest BCUT2D eigenvalue weighted by molar-refractivity contribution is -0.117. The van der Waals surface area contributed by atoms with Crippen LogP contribution in [0.4, 0.5) is 5.69 Å². The fourth-order valence-corrected chi connectivity index (χ4v) is 4.87. The summed E-state index contributed by atoms with van der Waals surface area (Å²) in [5.41, 5.74) is 1.55. The van der Waals surface area contributed by atoms with Crippen molar-refractivity contribution in [3.8, 4) is 5.75 Å². The molecule has 0 spiro atoms. The van der Waals surface area contributed by atoms with Crippen molar-refractivity contribution in [2.24, 2.45) is 0 Å². The molecule has 1 aliphatic rings. The van der Waals surface area contributed by atoms with E-state index in [4.69, 9.17) is 27.9 Å². The third kappa shape index (κ3) is 6.79. The van der Waals surface area contributed by atoms with Gasteiger partial charge >= 0.3 is 0 Å². The van der Waals surface area contributed by atoms with Crippen molar-refractivity contribution in [1.29, 1.82) is 0 Å². The number of anilines is 1. The number of fused-ring (bicyclic) bond motifs is 1. The summed E-state index contributed by atoms with van der Waals surface area (Å²) in [7, 11) is 0. The number of rotatable bonds is 8. The van der Waals surface area contributed by atoms with Crippen LogP contribution in [0.1, 0.15) is 5.01 Å². The van der Waals surface area contributed by atoms with Crippen LogP contribution in [0.15, 0.2) is 36.4 Å². The number of amides is 1. The van der Waals surface area contributed by atoms with Gasteiger partial charge in [-0.15, -0.1) is 11.3 Å². The summed E-state index contributed by atoms with van der Waals surface area (Å²) in [6.07, 6.45) is -0.595. The third-order valence-electron chi connectivity index (χ3n) is 5.41. The van der Waals surface area contributed by atoms with Gasteiger partial charge in [-0.1, -0.05) is 23.2 Å². The zero-order chi connectivity index (χ0) is 23.4. The Morgan fingerprint density at radius 2 is 1.91 bits per heavy atom. The first-order chi connectivity index (χ1) is 15.9. The van der Waals surface area contributed by atoms with E-state index >= 15 is 0 Å². The smallest absolute Gasteiger partial charge is 0.238 e. The second kappa shape index (κ2) is 11.0. The number of hydrogen-bond acceptors (Lipinski definition) is 7. The Morgan fingerprint density at radius 1 is 1.15 bits per heavy atom. The lowest BCUT2D eigenvalue weighted by Crippen LogP contribution is -2.50. The number of ether oxygens (including phenoxy) is 1. The van der Waals surface area contributed by atoms with Crippen LogP contribution in [-0.4, -0.2) is 77.8 Å². The maximum Gasteiger partial charge on any atom is 0.238 e. The van der Waals surface area contributed by atoms with E-state index in [0.717, 1.165) is 41.4 Å². The van der Waals surface area contributed by atoms with Crippen molar-refractivity contribution < 1.29 is 14.6 Å². The van der Waals surface area contributed by atoms with Gasteiger partial charge in [0, 0.05) is 44.5 Å². The average molecular weight is 509 g/mol. The summed E-state index contributed by atoms with van der Waals surface area (Å²) in [4.78, 5) is 21.1. The highest BCUT2D eigenvalue weighted by molar-refractivity contribution is 7.18. The highest BCUT2D eigenvalue weighted by atomic mass is 35.5. The normalized spacial score (nSPS) is 16.1. The molecule has 0 radical (unpaired) electrons. The number of aryl methyl sites for hydroxylation is 1. The van der Waals surface area contributed by atoms with E-state index in [1.165, 1.54) is 0 Å². The molecule has 1 saturated heterocycles. The molecule has 176 valence electrons. The number of nitrogens with zero attached hydrogens (tertiary/aromatic N) is 3. The van der Waals surface area contributed by atoms with Gasteiger partial charge in [-0.25, -0.2) is 4.98 Å². The zero-order valence-electron chi connectivity index (χ0n) is 18.3. The molecule has 1 fully saturated rings. The van der Waals surface area contributed by atoms with Crippen molar-refractivity contribution in [2.45, 2.75) is 13.0 Å². The van der Waals surface area contributed by atoms with Gasteiger partial charge in [0.15, 0.2) is 0 Å². The Morgan fingerprint density at radius 3 is 2.67 bits per heavy atom. The average Bonchev–Trinajstić information content (AvgIpc) is 3.15. The number of β-amino-alcohol motifs (C(OH)–C–C–N with tert-alkyl or cyclic N) is 1. The van der Waals surface area contributed by atoms with Gasteiger partial charge in [-0.3, -0.25) is 14.6 Å². The number of benzene rings is 2. The molecule has 2 aromatic carbocycles. The lowest BCUT2D eigenvalue weighted by Gasteiger charge is -2.35. The molecular weight excluding hydrogens is 483 g/mol. The monoisotopic (exact) mass is 508 g/mol. The fourth-order valence-electron chi connectivity index (χ4n) is 3.76. The molecule has 0 bridgehead atoms. The minimum atomic E-state index is -0.595. The van der Waals surface area contributed by atoms with Crippen LogP contribution in [-0.2, 0) is 4.79 Å². The van der Waals surface area contributed by atoms with Gasteiger partial charge in [-0.2, -0.15) is 0 Å². The first kappa shape index (κ1) is 24.2. The molecule has 33 heavy (non-hydrogen) atoms. The Kier molecular flexibility index (Phi) is 8.06. The molecule has 1 aliphatic heterocycles. The molecule has 2 heterocycles. The number of hydrogen-bond donors (Lipinski definition) is 2. The fraction of sp³-hybridized carbons (Fsp3) is 0.391. The van der Waals surface area contributed by atoms with Crippen LogP contribution in [0, 0.1) is 6.92 Å². The predicted octanol–water partition coefficient (Wildman–Crippen LogP) is 3.91. The predicted molar refractivity (Wildman–Crippen MR) is 134 cm³/mol. The zero-order valence-corrected chi connectivity index (χ0v) is 20.6. The van der Waals surface area contributed by atoms with Crippen LogP contribution in [0.25, 0.3) is 10.2 Å².